The van der Waals surface area contributed by atoms with Crippen molar-refractivity contribution in [2.45, 2.75) is 26.2 Å². The molecule has 1 saturated heterocycles. The molecule has 21 heavy (non-hydrogen) atoms. The molecular formula is C16H22O5. The van der Waals surface area contributed by atoms with Gasteiger partial charge in [-0.15, -0.1) is 0 Å². The van der Waals surface area contributed by atoms with E-state index in [1.54, 1.807) is 12.1 Å². The number of hydrogen-bond donors (Lipinski definition) is 1. The average molecular weight is 294 g/mol. The van der Waals surface area contributed by atoms with Crippen molar-refractivity contribution in [1.29, 1.82) is 0 Å². The Balaban J connectivity index is 2.04. The van der Waals surface area contributed by atoms with Crippen LogP contribution < -0.4 is 9.47 Å². The number of carboxylic acids is 1. The molecule has 1 aromatic carbocycles. The lowest BCUT2D eigenvalue weighted by molar-refractivity contribution is 0.0489. The molecule has 1 heterocycles. The van der Waals surface area contributed by atoms with E-state index >= 15 is 0 Å². The van der Waals surface area contributed by atoms with Gasteiger partial charge in [-0.25, -0.2) is 4.79 Å². The molecule has 0 aromatic heterocycles. The Hall–Kier alpha value is -1.75. The van der Waals surface area contributed by atoms with Crippen molar-refractivity contribution in [1.82, 2.24) is 0 Å². The summed E-state index contributed by atoms with van der Waals surface area (Å²) in [7, 11) is 0. The second kappa shape index (κ2) is 7.88. The second-order valence-corrected chi connectivity index (χ2v) is 5.18. The molecule has 0 bridgehead atoms. The van der Waals surface area contributed by atoms with Crippen molar-refractivity contribution in [3.8, 4) is 11.5 Å². The van der Waals surface area contributed by atoms with Crippen LogP contribution in [0.15, 0.2) is 18.2 Å². The van der Waals surface area contributed by atoms with Crippen molar-refractivity contribution in [2.75, 3.05) is 26.4 Å². The Kier molecular flexibility index (Phi) is 5.87. The van der Waals surface area contributed by atoms with E-state index in [0.29, 0.717) is 30.6 Å². The van der Waals surface area contributed by atoms with Gasteiger partial charge < -0.3 is 19.3 Å². The first-order chi connectivity index (χ1) is 10.2. The SMILES string of the molecule is CCCOc1ccc(C(=O)O)c(OCC2CCOCC2)c1. The van der Waals surface area contributed by atoms with Crippen LogP contribution in [0.25, 0.3) is 0 Å². The van der Waals surface area contributed by atoms with Crippen LogP contribution in [0.1, 0.15) is 36.5 Å². The summed E-state index contributed by atoms with van der Waals surface area (Å²) in [4.78, 5) is 11.3. The number of hydrogen-bond acceptors (Lipinski definition) is 4. The molecule has 0 radical (unpaired) electrons. The van der Waals surface area contributed by atoms with Crippen LogP contribution in [0.4, 0.5) is 0 Å². The monoisotopic (exact) mass is 294 g/mol. The molecule has 116 valence electrons. The number of ether oxygens (including phenoxy) is 3. The highest BCUT2D eigenvalue weighted by molar-refractivity contribution is 5.91. The van der Waals surface area contributed by atoms with E-state index in [-0.39, 0.29) is 5.56 Å². The fourth-order valence-corrected chi connectivity index (χ4v) is 2.23. The molecule has 1 aliphatic heterocycles. The molecule has 5 nitrogen and oxygen atoms in total. The van der Waals surface area contributed by atoms with Gasteiger partial charge in [-0.2, -0.15) is 0 Å². The van der Waals surface area contributed by atoms with Gasteiger partial charge in [0.1, 0.15) is 17.1 Å². The first kappa shape index (κ1) is 15.6. The molecule has 5 heteroatoms. The Morgan fingerprint density at radius 3 is 2.76 bits per heavy atom. The predicted molar refractivity (Wildman–Crippen MR) is 78.2 cm³/mol. The Bertz CT molecular complexity index is 466. The van der Waals surface area contributed by atoms with E-state index in [9.17, 15) is 9.90 Å². The highest BCUT2D eigenvalue weighted by Gasteiger charge is 2.17. The van der Waals surface area contributed by atoms with Gasteiger partial charge >= 0.3 is 5.97 Å². The van der Waals surface area contributed by atoms with Gasteiger partial charge in [-0.05, 0) is 37.3 Å². The zero-order valence-electron chi connectivity index (χ0n) is 12.3. The average Bonchev–Trinajstić information content (AvgIpc) is 2.51. The first-order valence-electron chi connectivity index (χ1n) is 7.41. The third-order valence-corrected chi connectivity index (χ3v) is 3.47. The highest BCUT2D eigenvalue weighted by Crippen LogP contribution is 2.27. The van der Waals surface area contributed by atoms with Crippen molar-refractivity contribution in [2.24, 2.45) is 5.92 Å². The molecule has 0 spiro atoms. The van der Waals surface area contributed by atoms with Gasteiger partial charge in [0.2, 0.25) is 0 Å². The maximum absolute atomic E-state index is 11.3. The molecule has 1 aromatic rings. The lowest BCUT2D eigenvalue weighted by atomic mass is 10.0. The van der Waals surface area contributed by atoms with E-state index in [2.05, 4.69) is 0 Å². The van der Waals surface area contributed by atoms with E-state index in [0.717, 1.165) is 32.5 Å². The summed E-state index contributed by atoms with van der Waals surface area (Å²) in [6.45, 7) is 4.64. The molecule has 0 atom stereocenters. The minimum atomic E-state index is -0.987. The quantitative estimate of drug-likeness (QED) is 0.837. The van der Waals surface area contributed by atoms with Crippen LogP contribution in [-0.2, 0) is 4.74 Å². The van der Waals surface area contributed by atoms with Crippen LogP contribution in [0.2, 0.25) is 0 Å². The Labute approximate surface area is 124 Å². The molecule has 0 saturated carbocycles. The highest BCUT2D eigenvalue weighted by atomic mass is 16.5. The van der Waals surface area contributed by atoms with Gasteiger partial charge in [0.25, 0.3) is 0 Å². The number of rotatable bonds is 7. The smallest absolute Gasteiger partial charge is 0.339 e. The fraction of sp³-hybridized carbons (Fsp3) is 0.562. The van der Waals surface area contributed by atoms with E-state index in [1.165, 1.54) is 6.07 Å². The molecule has 1 aliphatic rings. The molecule has 0 unspecified atom stereocenters. The molecule has 0 amide bonds. The van der Waals surface area contributed by atoms with Gasteiger partial charge in [-0.3, -0.25) is 0 Å². The summed E-state index contributed by atoms with van der Waals surface area (Å²) in [5, 5.41) is 9.23. The van der Waals surface area contributed by atoms with Gasteiger partial charge in [0, 0.05) is 19.3 Å². The van der Waals surface area contributed by atoms with E-state index < -0.39 is 5.97 Å². The summed E-state index contributed by atoms with van der Waals surface area (Å²) in [5.74, 6) is 0.450. The summed E-state index contributed by atoms with van der Waals surface area (Å²) in [5.41, 5.74) is 0.172. The number of carbonyl (C=O) groups is 1. The van der Waals surface area contributed by atoms with Gasteiger partial charge in [0.05, 0.1) is 13.2 Å². The van der Waals surface area contributed by atoms with Crippen LogP contribution in [0, 0.1) is 5.92 Å². The zero-order valence-corrected chi connectivity index (χ0v) is 12.3. The summed E-state index contributed by atoms with van der Waals surface area (Å²) in [6, 6.07) is 4.87. The zero-order chi connectivity index (χ0) is 15.1. The Morgan fingerprint density at radius 2 is 2.10 bits per heavy atom. The molecular weight excluding hydrogens is 272 g/mol. The third kappa shape index (κ3) is 4.63. The molecule has 2 rings (SSSR count). The topological polar surface area (TPSA) is 65.0 Å². The Morgan fingerprint density at radius 1 is 1.33 bits per heavy atom. The van der Waals surface area contributed by atoms with Crippen molar-refractivity contribution < 1.29 is 24.1 Å². The lowest BCUT2D eigenvalue weighted by Gasteiger charge is -2.22. The van der Waals surface area contributed by atoms with Gasteiger partial charge in [0.15, 0.2) is 0 Å². The van der Waals surface area contributed by atoms with E-state index in [4.69, 9.17) is 14.2 Å². The van der Waals surface area contributed by atoms with Crippen LogP contribution in [-0.4, -0.2) is 37.5 Å². The van der Waals surface area contributed by atoms with Crippen LogP contribution >= 0.6 is 0 Å². The van der Waals surface area contributed by atoms with Gasteiger partial charge in [-0.1, -0.05) is 6.92 Å². The summed E-state index contributed by atoms with van der Waals surface area (Å²) in [6.07, 6.45) is 2.81. The maximum Gasteiger partial charge on any atom is 0.339 e. The largest absolute Gasteiger partial charge is 0.493 e. The number of carboxylic acid groups (broad SMARTS) is 1. The number of benzene rings is 1. The fourth-order valence-electron chi connectivity index (χ4n) is 2.23. The molecule has 0 aliphatic carbocycles. The second-order valence-electron chi connectivity index (χ2n) is 5.18. The van der Waals surface area contributed by atoms with Crippen LogP contribution in [0.3, 0.4) is 0 Å². The normalized spacial score (nSPS) is 15.7. The molecule has 1 N–H and O–H groups in total. The van der Waals surface area contributed by atoms with Crippen molar-refractivity contribution >= 4 is 5.97 Å². The summed E-state index contributed by atoms with van der Waals surface area (Å²) >= 11 is 0. The standard InChI is InChI=1S/C16H22O5/c1-2-7-20-13-3-4-14(16(17)18)15(10-13)21-11-12-5-8-19-9-6-12/h3-4,10,12H,2,5-9,11H2,1H3,(H,17,18). The van der Waals surface area contributed by atoms with Crippen molar-refractivity contribution in [3.63, 3.8) is 0 Å². The number of aromatic carboxylic acids is 1. The minimum Gasteiger partial charge on any atom is -0.493 e. The lowest BCUT2D eigenvalue weighted by Crippen LogP contribution is -2.22. The maximum atomic E-state index is 11.3. The summed E-state index contributed by atoms with van der Waals surface area (Å²) < 4.78 is 16.6. The van der Waals surface area contributed by atoms with Crippen molar-refractivity contribution in [3.05, 3.63) is 23.8 Å². The predicted octanol–water partition coefficient (Wildman–Crippen LogP) is 2.98. The first-order valence-corrected chi connectivity index (χ1v) is 7.41. The van der Waals surface area contributed by atoms with E-state index in [1.807, 2.05) is 6.92 Å². The minimum absolute atomic E-state index is 0.172. The third-order valence-electron chi connectivity index (χ3n) is 3.47. The molecule has 1 fully saturated rings. The van der Waals surface area contributed by atoms with Crippen LogP contribution in [0.5, 0.6) is 11.5 Å².